The molecule has 3 heterocycles. The zero-order chi connectivity index (χ0) is 22.0. The molecule has 32 heavy (non-hydrogen) atoms. The largest absolute Gasteiger partial charge is 0.493 e. The van der Waals surface area contributed by atoms with E-state index in [9.17, 15) is 0 Å². The van der Waals surface area contributed by atoms with Crippen molar-refractivity contribution in [2.75, 3.05) is 7.11 Å². The van der Waals surface area contributed by atoms with E-state index < -0.39 is 0 Å². The number of hydrogen-bond acceptors (Lipinski definition) is 4. The summed E-state index contributed by atoms with van der Waals surface area (Å²) in [5.41, 5.74) is 7.02. The van der Waals surface area contributed by atoms with Gasteiger partial charge in [-0.05, 0) is 52.7 Å². The summed E-state index contributed by atoms with van der Waals surface area (Å²) in [7, 11) is 1.71. The van der Waals surface area contributed by atoms with Crippen LogP contribution in [0.2, 0.25) is 0 Å². The summed E-state index contributed by atoms with van der Waals surface area (Å²) in [6.45, 7) is 10.7. The zero-order valence-electron chi connectivity index (χ0n) is 19.5. The summed E-state index contributed by atoms with van der Waals surface area (Å²) >= 11 is 0. The molecule has 1 N–H and O–H groups in total. The highest BCUT2D eigenvalue weighted by Crippen LogP contribution is 2.48. The van der Waals surface area contributed by atoms with Crippen LogP contribution < -0.4 is 9.47 Å². The second-order valence-corrected chi connectivity index (χ2v) is 9.83. The van der Waals surface area contributed by atoms with Gasteiger partial charge in [0.2, 0.25) is 0 Å². The van der Waals surface area contributed by atoms with Crippen molar-refractivity contribution in [2.24, 2.45) is 4.99 Å². The molecule has 6 heteroatoms. The van der Waals surface area contributed by atoms with Gasteiger partial charge < -0.3 is 14.5 Å². The summed E-state index contributed by atoms with van der Waals surface area (Å²) in [6.07, 6.45) is 1.67. The summed E-state index contributed by atoms with van der Waals surface area (Å²) in [5.74, 6) is 2.51. The molecule has 0 amide bonds. The molecular formula is C26H30ClN3O2. The van der Waals surface area contributed by atoms with Gasteiger partial charge in [0.15, 0.2) is 11.5 Å². The van der Waals surface area contributed by atoms with Crippen molar-refractivity contribution >= 4 is 18.1 Å². The van der Waals surface area contributed by atoms with Gasteiger partial charge in [-0.2, -0.15) is 0 Å². The van der Waals surface area contributed by atoms with Crippen LogP contribution in [0.25, 0.3) is 11.4 Å². The number of aromatic nitrogens is 2. The zero-order valence-corrected chi connectivity index (χ0v) is 20.3. The van der Waals surface area contributed by atoms with Crippen molar-refractivity contribution in [3.63, 3.8) is 0 Å². The van der Waals surface area contributed by atoms with E-state index in [4.69, 9.17) is 19.5 Å². The van der Waals surface area contributed by atoms with Crippen molar-refractivity contribution in [1.29, 1.82) is 0 Å². The second kappa shape index (κ2) is 7.66. The van der Waals surface area contributed by atoms with E-state index >= 15 is 0 Å². The van der Waals surface area contributed by atoms with E-state index in [0.29, 0.717) is 0 Å². The van der Waals surface area contributed by atoms with Gasteiger partial charge in [0.1, 0.15) is 17.1 Å². The van der Waals surface area contributed by atoms with Gasteiger partial charge in [0.05, 0.1) is 18.4 Å². The van der Waals surface area contributed by atoms with Crippen LogP contribution in [0.1, 0.15) is 55.8 Å². The summed E-state index contributed by atoms with van der Waals surface area (Å²) in [6, 6.07) is 12.3. The minimum atomic E-state index is -0.279. The number of hydrogen-bond donors (Lipinski definition) is 1. The molecule has 5 rings (SSSR count). The lowest BCUT2D eigenvalue weighted by Crippen LogP contribution is -2.31. The van der Waals surface area contributed by atoms with Gasteiger partial charge in [-0.3, -0.25) is 4.99 Å². The number of methoxy groups -OCH3 is 1. The number of benzene rings is 2. The topological polar surface area (TPSA) is 59.5 Å². The number of fused-ring (bicyclic) bond motifs is 3. The van der Waals surface area contributed by atoms with Crippen molar-refractivity contribution in [2.45, 2.75) is 58.6 Å². The molecule has 1 aromatic heterocycles. The molecule has 5 nitrogen and oxygen atoms in total. The van der Waals surface area contributed by atoms with Crippen molar-refractivity contribution in [3.05, 3.63) is 64.5 Å². The molecule has 0 bridgehead atoms. The third-order valence-electron chi connectivity index (χ3n) is 6.06. The first-order valence-electron chi connectivity index (χ1n) is 10.8. The van der Waals surface area contributed by atoms with Gasteiger partial charge >= 0.3 is 0 Å². The molecule has 2 aliphatic rings. The molecule has 0 atom stereocenters. The number of aryl methyl sites for hydroxylation is 1. The first kappa shape index (κ1) is 22.4. The number of aromatic amines is 1. The summed E-state index contributed by atoms with van der Waals surface area (Å²) in [5, 5.41) is 0. The molecule has 0 saturated heterocycles. The molecular weight excluding hydrogens is 422 g/mol. The van der Waals surface area contributed by atoms with E-state index in [1.165, 1.54) is 11.1 Å². The molecule has 0 aliphatic carbocycles. The Morgan fingerprint density at radius 3 is 2.47 bits per heavy atom. The number of halogens is 1. The van der Waals surface area contributed by atoms with E-state index in [2.05, 4.69) is 57.8 Å². The van der Waals surface area contributed by atoms with Crippen molar-refractivity contribution < 1.29 is 9.47 Å². The molecule has 0 fully saturated rings. The number of rotatable bonds is 3. The third kappa shape index (κ3) is 3.69. The molecule has 0 spiro atoms. The van der Waals surface area contributed by atoms with Crippen LogP contribution in [0, 0.1) is 6.92 Å². The minimum absolute atomic E-state index is 0. The first-order chi connectivity index (χ1) is 14.7. The van der Waals surface area contributed by atoms with Crippen LogP contribution >= 0.6 is 12.4 Å². The lowest BCUT2D eigenvalue weighted by molar-refractivity contribution is 0.134. The van der Waals surface area contributed by atoms with Crippen molar-refractivity contribution in [3.8, 4) is 22.9 Å². The molecule has 2 aliphatic heterocycles. The predicted molar refractivity (Wildman–Crippen MR) is 131 cm³/mol. The van der Waals surface area contributed by atoms with E-state index in [0.717, 1.165) is 58.4 Å². The highest BCUT2D eigenvalue weighted by atomic mass is 35.5. The third-order valence-corrected chi connectivity index (χ3v) is 6.06. The van der Waals surface area contributed by atoms with Gasteiger partial charge in [-0.15, -0.1) is 12.4 Å². The SMILES string of the molecule is COc1cc2c(c3c1OC(C)(C)C3)C(c1nc(-c3ccccc3)[nH]c1C)=NC(C)(C)C2.Cl. The standard InChI is InChI=1S/C26H29N3O2.ClH/c1-15-21(28-24(27-15)16-10-8-7-9-11-16)22-20-17(13-25(2,3)29-22)12-19(30-6)23-18(20)14-26(4,5)31-23;/h7-12H,13-14H2,1-6H3,(H,27,28);1H. The Kier molecular flexibility index (Phi) is 5.36. The smallest absolute Gasteiger partial charge is 0.166 e. The Balaban J connectivity index is 0.00000245. The van der Waals surface area contributed by atoms with E-state index in [1.54, 1.807) is 7.11 Å². The van der Waals surface area contributed by atoms with Gasteiger partial charge in [0.25, 0.3) is 0 Å². The fraction of sp³-hybridized carbons (Fsp3) is 0.385. The number of H-pyrrole nitrogens is 1. The highest BCUT2D eigenvalue weighted by molar-refractivity contribution is 6.16. The van der Waals surface area contributed by atoms with E-state index in [-0.39, 0.29) is 23.5 Å². The summed E-state index contributed by atoms with van der Waals surface area (Å²) < 4.78 is 12.0. The molecule has 168 valence electrons. The van der Waals surface area contributed by atoms with E-state index in [1.807, 2.05) is 18.2 Å². The molecule has 0 saturated carbocycles. The average molecular weight is 452 g/mol. The van der Waals surface area contributed by atoms with Crippen LogP contribution in [-0.4, -0.2) is 33.9 Å². The normalized spacial score (nSPS) is 17.5. The van der Waals surface area contributed by atoms with Gasteiger partial charge in [0, 0.05) is 28.8 Å². The average Bonchev–Trinajstić information content (AvgIpc) is 3.25. The molecule has 0 radical (unpaired) electrons. The number of imidazole rings is 1. The van der Waals surface area contributed by atoms with Crippen LogP contribution in [0.5, 0.6) is 11.5 Å². The van der Waals surface area contributed by atoms with Gasteiger partial charge in [-0.1, -0.05) is 30.3 Å². The maximum Gasteiger partial charge on any atom is 0.166 e. The maximum atomic E-state index is 6.32. The van der Waals surface area contributed by atoms with Crippen molar-refractivity contribution in [1.82, 2.24) is 9.97 Å². The van der Waals surface area contributed by atoms with Crippen LogP contribution in [0.4, 0.5) is 0 Å². The Morgan fingerprint density at radius 1 is 1.06 bits per heavy atom. The number of nitrogens with one attached hydrogen (secondary N) is 1. The van der Waals surface area contributed by atoms with Gasteiger partial charge in [-0.25, -0.2) is 4.98 Å². The number of nitrogens with zero attached hydrogens (tertiary/aromatic N) is 2. The number of aliphatic imine (C=N–C) groups is 1. The highest BCUT2D eigenvalue weighted by Gasteiger charge is 2.40. The molecule has 3 aromatic rings. The quantitative estimate of drug-likeness (QED) is 0.555. The fourth-order valence-corrected chi connectivity index (χ4v) is 4.82. The van der Waals surface area contributed by atoms with Crippen LogP contribution in [-0.2, 0) is 12.8 Å². The Labute approximate surface area is 195 Å². The number of ether oxygens (including phenoxy) is 2. The van der Waals surface area contributed by atoms with Crippen LogP contribution in [0.15, 0.2) is 41.4 Å². The maximum absolute atomic E-state index is 6.32. The lowest BCUT2D eigenvalue weighted by atomic mass is 9.81. The van der Waals surface area contributed by atoms with Crippen LogP contribution in [0.3, 0.4) is 0 Å². The Morgan fingerprint density at radius 2 is 1.78 bits per heavy atom. The minimum Gasteiger partial charge on any atom is -0.493 e. The summed E-state index contributed by atoms with van der Waals surface area (Å²) in [4.78, 5) is 13.7. The lowest BCUT2D eigenvalue weighted by Gasteiger charge is -2.30. The molecule has 0 unspecified atom stereocenters. The predicted octanol–water partition coefficient (Wildman–Crippen LogP) is 5.70. The Hall–Kier alpha value is -2.79. The Bertz CT molecular complexity index is 1210. The second-order valence-electron chi connectivity index (χ2n) is 9.83. The molecule has 2 aromatic carbocycles. The fourth-order valence-electron chi connectivity index (χ4n) is 4.82. The monoisotopic (exact) mass is 451 g/mol. The first-order valence-corrected chi connectivity index (χ1v) is 10.8.